The summed E-state index contributed by atoms with van der Waals surface area (Å²) in [7, 11) is 0. The number of nitrogens with zero attached hydrogens (tertiary/aromatic N) is 2. The van der Waals surface area contributed by atoms with E-state index in [1.54, 1.807) is 11.3 Å². The van der Waals surface area contributed by atoms with Crippen molar-refractivity contribution in [2.45, 2.75) is 53.1 Å². The van der Waals surface area contributed by atoms with Crippen LogP contribution in [0.4, 0.5) is 0 Å². The molecule has 5 heteroatoms. The fraction of sp³-hybridized carbons (Fsp3) is 0.529. The lowest BCUT2D eigenvalue weighted by Gasteiger charge is -2.15. The van der Waals surface area contributed by atoms with E-state index in [2.05, 4.69) is 40.2 Å². The number of aromatic nitrogens is 2. The van der Waals surface area contributed by atoms with Crippen LogP contribution in [0.15, 0.2) is 11.4 Å². The van der Waals surface area contributed by atoms with Gasteiger partial charge in [0.05, 0.1) is 10.7 Å². The summed E-state index contributed by atoms with van der Waals surface area (Å²) in [5.74, 6) is 0.784. The van der Waals surface area contributed by atoms with Gasteiger partial charge in [0.2, 0.25) is 5.91 Å². The number of hydrogen-bond donors (Lipinski definition) is 1. The molecule has 0 aliphatic heterocycles. The number of aryl methyl sites for hydroxylation is 2. The van der Waals surface area contributed by atoms with Crippen LogP contribution in [0.25, 0.3) is 11.3 Å². The molecule has 22 heavy (non-hydrogen) atoms. The highest BCUT2D eigenvalue weighted by Gasteiger charge is 2.29. The van der Waals surface area contributed by atoms with E-state index < -0.39 is 0 Å². The number of carbonyl (C=O) groups excluding carboxylic acids is 1. The summed E-state index contributed by atoms with van der Waals surface area (Å²) >= 11 is 1.66. The first-order chi connectivity index (χ1) is 10.5. The SMILES string of the molecule is Cc1nc(-c2cc(C)n(CC(=O)N[C@H](C)C3CC3)c2C)cs1. The zero-order valence-electron chi connectivity index (χ0n) is 13.6. The van der Waals surface area contributed by atoms with Crippen LogP contribution in [0.1, 0.15) is 36.2 Å². The zero-order chi connectivity index (χ0) is 15.9. The molecule has 1 amide bonds. The normalized spacial score (nSPS) is 15.8. The van der Waals surface area contributed by atoms with Gasteiger partial charge in [-0.3, -0.25) is 4.79 Å². The molecular formula is C17H23N3OS. The predicted molar refractivity (Wildman–Crippen MR) is 90.1 cm³/mol. The Hall–Kier alpha value is -1.62. The average molecular weight is 317 g/mol. The molecule has 1 fully saturated rings. The number of thiazole rings is 1. The molecule has 0 saturated heterocycles. The van der Waals surface area contributed by atoms with Gasteiger partial charge >= 0.3 is 0 Å². The van der Waals surface area contributed by atoms with Crippen LogP contribution >= 0.6 is 11.3 Å². The van der Waals surface area contributed by atoms with Crippen molar-refractivity contribution in [3.8, 4) is 11.3 Å². The Kier molecular flexibility index (Phi) is 4.08. The van der Waals surface area contributed by atoms with Crippen LogP contribution in [-0.2, 0) is 11.3 Å². The maximum atomic E-state index is 12.3. The number of nitrogens with one attached hydrogen (secondary N) is 1. The zero-order valence-corrected chi connectivity index (χ0v) is 14.5. The Morgan fingerprint density at radius 2 is 2.18 bits per heavy atom. The highest BCUT2D eigenvalue weighted by atomic mass is 32.1. The molecule has 2 heterocycles. The first-order valence-corrected chi connectivity index (χ1v) is 8.72. The van der Waals surface area contributed by atoms with Crippen LogP contribution < -0.4 is 5.32 Å². The second-order valence-electron chi connectivity index (χ2n) is 6.32. The molecule has 1 atom stereocenters. The molecule has 0 aromatic carbocycles. The van der Waals surface area contributed by atoms with Gasteiger partial charge in [0.1, 0.15) is 6.54 Å². The largest absolute Gasteiger partial charge is 0.352 e. The third kappa shape index (κ3) is 3.09. The van der Waals surface area contributed by atoms with Crippen molar-refractivity contribution in [3.63, 3.8) is 0 Å². The lowest BCUT2D eigenvalue weighted by Crippen LogP contribution is -2.36. The fourth-order valence-corrected chi connectivity index (χ4v) is 3.56. The van der Waals surface area contributed by atoms with Crippen molar-refractivity contribution in [3.05, 3.63) is 27.8 Å². The first-order valence-electron chi connectivity index (χ1n) is 7.84. The Morgan fingerprint density at radius 1 is 1.45 bits per heavy atom. The third-order valence-electron chi connectivity index (χ3n) is 4.49. The van der Waals surface area contributed by atoms with Crippen LogP contribution in [0.2, 0.25) is 0 Å². The van der Waals surface area contributed by atoms with Crippen LogP contribution in [0.3, 0.4) is 0 Å². The van der Waals surface area contributed by atoms with Gasteiger partial charge < -0.3 is 9.88 Å². The number of amides is 1. The molecule has 4 nitrogen and oxygen atoms in total. The molecule has 0 unspecified atom stereocenters. The lowest BCUT2D eigenvalue weighted by atomic mass is 10.2. The minimum atomic E-state index is 0.0993. The maximum absolute atomic E-state index is 12.3. The lowest BCUT2D eigenvalue weighted by molar-refractivity contribution is -0.122. The molecule has 0 spiro atoms. The van der Waals surface area contributed by atoms with Gasteiger partial charge in [-0.2, -0.15) is 0 Å². The second kappa shape index (κ2) is 5.88. The molecule has 1 N–H and O–H groups in total. The van der Waals surface area contributed by atoms with E-state index in [1.165, 1.54) is 12.8 Å². The van der Waals surface area contributed by atoms with Gasteiger partial charge in [-0.05, 0) is 52.5 Å². The molecular weight excluding hydrogens is 294 g/mol. The van der Waals surface area contributed by atoms with E-state index in [9.17, 15) is 4.79 Å². The summed E-state index contributed by atoms with van der Waals surface area (Å²) in [4.78, 5) is 16.8. The van der Waals surface area contributed by atoms with E-state index in [-0.39, 0.29) is 5.91 Å². The van der Waals surface area contributed by atoms with E-state index in [0.717, 1.165) is 27.7 Å². The van der Waals surface area contributed by atoms with Crippen LogP contribution in [0.5, 0.6) is 0 Å². The molecule has 0 bridgehead atoms. The number of hydrogen-bond acceptors (Lipinski definition) is 3. The minimum absolute atomic E-state index is 0.0993. The standard InChI is InChI=1S/C17H23N3OS/c1-10-7-15(16-9-22-13(4)19-16)12(3)20(10)8-17(21)18-11(2)14-5-6-14/h7,9,11,14H,5-6,8H2,1-4H3,(H,18,21)/t11-/m1/s1. The van der Waals surface area contributed by atoms with Crippen molar-refractivity contribution in [1.82, 2.24) is 14.9 Å². The summed E-state index contributed by atoms with van der Waals surface area (Å²) < 4.78 is 2.08. The fourth-order valence-electron chi connectivity index (χ4n) is 2.95. The summed E-state index contributed by atoms with van der Waals surface area (Å²) in [5, 5.41) is 6.27. The average Bonchev–Trinajstić information content (AvgIpc) is 3.18. The smallest absolute Gasteiger partial charge is 0.240 e. The van der Waals surface area contributed by atoms with Gasteiger partial charge in [-0.1, -0.05) is 0 Å². The van der Waals surface area contributed by atoms with E-state index in [1.807, 2.05) is 13.8 Å². The highest BCUT2D eigenvalue weighted by Crippen LogP contribution is 2.32. The molecule has 1 aliphatic carbocycles. The molecule has 3 rings (SSSR count). The molecule has 1 saturated carbocycles. The summed E-state index contributed by atoms with van der Waals surface area (Å²) in [6.07, 6.45) is 2.49. The molecule has 2 aromatic heterocycles. The Labute approximate surface area is 135 Å². The summed E-state index contributed by atoms with van der Waals surface area (Å²) in [5.41, 5.74) is 4.35. The van der Waals surface area contributed by atoms with Gasteiger partial charge in [-0.25, -0.2) is 4.98 Å². The van der Waals surface area contributed by atoms with E-state index in [4.69, 9.17) is 0 Å². The summed E-state index contributed by atoms with van der Waals surface area (Å²) in [6.45, 7) is 8.62. The van der Waals surface area contributed by atoms with E-state index in [0.29, 0.717) is 18.5 Å². The third-order valence-corrected chi connectivity index (χ3v) is 5.26. The van der Waals surface area contributed by atoms with Crippen molar-refractivity contribution in [2.75, 3.05) is 0 Å². The van der Waals surface area contributed by atoms with Crippen LogP contribution in [0, 0.1) is 26.7 Å². The Balaban J connectivity index is 1.76. The van der Waals surface area contributed by atoms with E-state index >= 15 is 0 Å². The predicted octanol–water partition coefficient (Wildman–Crippen LogP) is 3.45. The molecule has 1 aliphatic rings. The Bertz CT molecular complexity index is 697. The second-order valence-corrected chi connectivity index (χ2v) is 7.38. The highest BCUT2D eigenvalue weighted by molar-refractivity contribution is 7.09. The molecule has 118 valence electrons. The Morgan fingerprint density at radius 3 is 2.77 bits per heavy atom. The van der Waals surface area contributed by atoms with Crippen molar-refractivity contribution in [2.24, 2.45) is 5.92 Å². The van der Waals surface area contributed by atoms with Crippen molar-refractivity contribution in [1.29, 1.82) is 0 Å². The van der Waals surface area contributed by atoms with Gasteiger partial charge in [0.25, 0.3) is 0 Å². The van der Waals surface area contributed by atoms with Gasteiger partial charge in [-0.15, -0.1) is 11.3 Å². The van der Waals surface area contributed by atoms with Crippen molar-refractivity contribution >= 4 is 17.2 Å². The first kappa shape index (κ1) is 15.3. The molecule has 2 aromatic rings. The number of rotatable bonds is 5. The van der Waals surface area contributed by atoms with Gasteiger partial charge in [0, 0.05) is 28.4 Å². The van der Waals surface area contributed by atoms with Gasteiger partial charge in [0.15, 0.2) is 0 Å². The quantitative estimate of drug-likeness (QED) is 0.918. The number of carbonyl (C=O) groups is 1. The van der Waals surface area contributed by atoms with Crippen LogP contribution in [-0.4, -0.2) is 21.5 Å². The monoisotopic (exact) mass is 317 g/mol. The molecule has 0 radical (unpaired) electrons. The minimum Gasteiger partial charge on any atom is -0.352 e. The topological polar surface area (TPSA) is 46.9 Å². The van der Waals surface area contributed by atoms with Crippen molar-refractivity contribution < 1.29 is 4.79 Å². The summed E-state index contributed by atoms with van der Waals surface area (Å²) in [6, 6.07) is 2.42. The maximum Gasteiger partial charge on any atom is 0.240 e.